The van der Waals surface area contributed by atoms with Gasteiger partial charge in [0.15, 0.2) is 16.7 Å². The van der Waals surface area contributed by atoms with Gasteiger partial charge in [0, 0.05) is 16.0 Å². The van der Waals surface area contributed by atoms with E-state index in [1.165, 1.54) is 24.5 Å². The molecule has 0 fully saturated rings. The van der Waals surface area contributed by atoms with E-state index in [2.05, 4.69) is 10.3 Å². The Balaban J connectivity index is 1.68. The molecule has 0 spiro atoms. The first-order chi connectivity index (χ1) is 12.0. The number of thiazole rings is 1. The molecule has 7 heteroatoms. The van der Waals surface area contributed by atoms with E-state index in [9.17, 15) is 9.18 Å². The summed E-state index contributed by atoms with van der Waals surface area (Å²) in [5.74, 6) is -0.457. The zero-order chi connectivity index (χ0) is 17.8. The Morgan fingerprint density at radius 1 is 1.28 bits per heavy atom. The first kappa shape index (κ1) is 17.4. The molecule has 1 heterocycles. The number of hydrogen-bond acceptors (Lipinski definition) is 4. The summed E-state index contributed by atoms with van der Waals surface area (Å²) < 4.78 is 18.7. The van der Waals surface area contributed by atoms with Crippen molar-refractivity contribution in [2.24, 2.45) is 0 Å². The van der Waals surface area contributed by atoms with Gasteiger partial charge in [-0.15, -0.1) is 11.3 Å². The fourth-order valence-electron chi connectivity index (χ4n) is 2.24. The van der Waals surface area contributed by atoms with Gasteiger partial charge in [-0.25, -0.2) is 9.37 Å². The average Bonchev–Trinajstić information content (AvgIpc) is 3.05. The molecule has 0 atom stereocenters. The van der Waals surface area contributed by atoms with Crippen LogP contribution in [0, 0.1) is 5.82 Å². The first-order valence-electron chi connectivity index (χ1n) is 7.39. The van der Waals surface area contributed by atoms with Crippen molar-refractivity contribution >= 4 is 34.0 Å². The van der Waals surface area contributed by atoms with Crippen molar-refractivity contribution in [3.05, 3.63) is 64.2 Å². The van der Waals surface area contributed by atoms with Gasteiger partial charge in [-0.3, -0.25) is 4.79 Å². The molecule has 128 valence electrons. The number of nitrogens with zero attached hydrogens (tertiary/aromatic N) is 1. The van der Waals surface area contributed by atoms with Crippen molar-refractivity contribution in [3.8, 4) is 17.0 Å². The number of hydrogen-bond donors (Lipinski definition) is 1. The Labute approximate surface area is 153 Å². The number of ether oxygens (including phenoxy) is 1. The van der Waals surface area contributed by atoms with Gasteiger partial charge in [0.25, 0.3) is 0 Å². The monoisotopic (exact) mass is 376 g/mol. The number of carbonyl (C=O) groups excluding carboxylic acids is 1. The van der Waals surface area contributed by atoms with Gasteiger partial charge >= 0.3 is 0 Å². The van der Waals surface area contributed by atoms with Crippen LogP contribution in [0.1, 0.15) is 5.56 Å². The zero-order valence-electron chi connectivity index (χ0n) is 13.3. The molecule has 0 aliphatic carbocycles. The molecule has 2 aromatic carbocycles. The Morgan fingerprint density at radius 2 is 2.04 bits per heavy atom. The predicted octanol–water partition coefficient (Wildman–Crippen LogP) is 4.79. The number of anilines is 1. The van der Waals surface area contributed by atoms with Gasteiger partial charge in [-0.05, 0) is 35.9 Å². The van der Waals surface area contributed by atoms with Gasteiger partial charge in [-0.1, -0.05) is 23.7 Å². The summed E-state index contributed by atoms with van der Waals surface area (Å²) in [6.07, 6.45) is 0.225. The molecule has 0 saturated carbocycles. The van der Waals surface area contributed by atoms with Crippen molar-refractivity contribution in [2.45, 2.75) is 6.42 Å². The Bertz CT molecular complexity index is 896. The molecule has 0 aliphatic heterocycles. The zero-order valence-corrected chi connectivity index (χ0v) is 14.8. The van der Waals surface area contributed by atoms with E-state index < -0.39 is 5.82 Å². The largest absolute Gasteiger partial charge is 0.494 e. The molecule has 1 N–H and O–H groups in total. The summed E-state index contributed by atoms with van der Waals surface area (Å²) >= 11 is 7.11. The van der Waals surface area contributed by atoms with Gasteiger partial charge in [0.05, 0.1) is 19.2 Å². The maximum atomic E-state index is 13.8. The molecule has 1 amide bonds. The number of nitrogens with one attached hydrogen (secondary N) is 1. The van der Waals surface area contributed by atoms with Crippen LogP contribution in [-0.4, -0.2) is 18.0 Å². The smallest absolute Gasteiger partial charge is 0.230 e. The lowest BCUT2D eigenvalue weighted by Gasteiger charge is -2.03. The number of amides is 1. The fraction of sp³-hybridized carbons (Fsp3) is 0.111. The van der Waals surface area contributed by atoms with Gasteiger partial charge < -0.3 is 10.1 Å². The number of aromatic nitrogens is 1. The molecular weight excluding hydrogens is 363 g/mol. The Kier molecular flexibility index (Phi) is 5.31. The van der Waals surface area contributed by atoms with E-state index in [0.717, 1.165) is 5.56 Å². The third-order valence-corrected chi connectivity index (χ3v) is 4.49. The van der Waals surface area contributed by atoms with Crippen LogP contribution in [0.3, 0.4) is 0 Å². The molecule has 0 bridgehead atoms. The van der Waals surface area contributed by atoms with Crippen molar-refractivity contribution in [2.75, 3.05) is 12.4 Å². The summed E-state index contributed by atoms with van der Waals surface area (Å²) in [4.78, 5) is 16.4. The molecule has 0 saturated heterocycles. The standard InChI is InChI=1S/C18H14ClFN2O2S/c1-24-16-7-4-12(9-14(16)20)15-10-25-18(21-15)22-17(23)8-11-2-5-13(19)6-3-11/h2-7,9-10H,8H2,1H3,(H,21,22,23). The molecule has 25 heavy (non-hydrogen) atoms. The van der Waals surface area contributed by atoms with Crippen LogP contribution in [0.25, 0.3) is 11.3 Å². The highest BCUT2D eigenvalue weighted by molar-refractivity contribution is 7.14. The van der Waals surface area contributed by atoms with Crippen molar-refractivity contribution < 1.29 is 13.9 Å². The molecular formula is C18H14ClFN2O2S. The van der Waals surface area contributed by atoms with Gasteiger partial charge in [0.2, 0.25) is 5.91 Å². The summed E-state index contributed by atoms with van der Waals surface area (Å²) in [6.45, 7) is 0. The highest BCUT2D eigenvalue weighted by Crippen LogP contribution is 2.28. The van der Waals surface area contributed by atoms with E-state index in [-0.39, 0.29) is 18.1 Å². The molecule has 1 aromatic heterocycles. The molecule has 0 unspecified atom stereocenters. The molecule has 4 nitrogen and oxygen atoms in total. The summed E-state index contributed by atoms with van der Waals surface area (Å²) in [5, 5.41) is 5.60. The highest BCUT2D eigenvalue weighted by atomic mass is 35.5. The van der Waals surface area contributed by atoms with Crippen molar-refractivity contribution in [1.82, 2.24) is 4.98 Å². The summed E-state index contributed by atoms with van der Waals surface area (Å²) in [5.41, 5.74) is 2.07. The van der Waals surface area contributed by atoms with Crippen LogP contribution in [0.2, 0.25) is 5.02 Å². The Morgan fingerprint density at radius 3 is 2.72 bits per heavy atom. The van der Waals surface area contributed by atoms with Gasteiger partial charge in [-0.2, -0.15) is 0 Å². The minimum atomic E-state index is -0.457. The number of halogens is 2. The third kappa shape index (κ3) is 4.35. The number of methoxy groups -OCH3 is 1. The minimum absolute atomic E-state index is 0.176. The quantitative estimate of drug-likeness (QED) is 0.696. The Hall–Kier alpha value is -2.44. The lowest BCUT2D eigenvalue weighted by atomic mass is 10.1. The van der Waals surface area contributed by atoms with E-state index in [1.807, 2.05) is 0 Å². The van der Waals surface area contributed by atoms with Gasteiger partial charge in [0.1, 0.15) is 0 Å². The lowest BCUT2D eigenvalue weighted by Crippen LogP contribution is -2.14. The van der Waals surface area contributed by atoms with E-state index in [0.29, 0.717) is 21.4 Å². The molecule has 0 aliphatic rings. The maximum Gasteiger partial charge on any atom is 0.230 e. The summed E-state index contributed by atoms with van der Waals surface area (Å²) in [6, 6.07) is 11.7. The topological polar surface area (TPSA) is 51.2 Å². The van der Waals surface area contributed by atoms with Crippen molar-refractivity contribution in [1.29, 1.82) is 0 Å². The third-order valence-electron chi connectivity index (χ3n) is 3.48. The second-order valence-electron chi connectivity index (χ2n) is 5.24. The average molecular weight is 377 g/mol. The van der Waals surface area contributed by atoms with Crippen LogP contribution in [0.5, 0.6) is 5.75 Å². The molecule has 3 rings (SSSR count). The predicted molar refractivity (Wildman–Crippen MR) is 97.8 cm³/mol. The van der Waals surface area contributed by atoms with Crippen LogP contribution in [0.4, 0.5) is 9.52 Å². The second kappa shape index (κ2) is 7.63. The van der Waals surface area contributed by atoms with Crippen LogP contribution >= 0.6 is 22.9 Å². The maximum absolute atomic E-state index is 13.8. The van der Waals surface area contributed by atoms with E-state index >= 15 is 0 Å². The second-order valence-corrected chi connectivity index (χ2v) is 6.53. The molecule has 0 radical (unpaired) electrons. The van der Waals surface area contributed by atoms with Crippen LogP contribution < -0.4 is 10.1 Å². The number of benzene rings is 2. The SMILES string of the molecule is COc1ccc(-c2csc(NC(=O)Cc3ccc(Cl)cc3)n2)cc1F. The highest BCUT2D eigenvalue weighted by Gasteiger charge is 2.11. The van der Waals surface area contributed by atoms with Crippen LogP contribution in [0.15, 0.2) is 47.8 Å². The molecule has 3 aromatic rings. The fourth-order valence-corrected chi connectivity index (χ4v) is 3.10. The number of carbonyl (C=O) groups is 1. The normalized spacial score (nSPS) is 10.5. The summed E-state index contributed by atoms with van der Waals surface area (Å²) in [7, 11) is 1.41. The number of rotatable bonds is 5. The first-order valence-corrected chi connectivity index (χ1v) is 8.64. The van der Waals surface area contributed by atoms with E-state index in [4.69, 9.17) is 16.3 Å². The lowest BCUT2D eigenvalue weighted by molar-refractivity contribution is -0.115. The van der Waals surface area contributed by atoms with Crippen LogP contribution in [-0.2, 0) is 11.2 Å². The van der Waals surface area contributed by atoms with E-state index in [1.54, 1.807) is 41.8 Å². The minimum Gasteiger partial charge on any atom is -0.494 e. The van der Waals surface area contributed by atoms with Crippen molar-refractivity contribution in [3.63, 3.8) is 0 Å².